The van der Waals surface area contributed by atoms with Gasteiger partial charge in [-0.2, -0.15) is 0 Å². The van der Waals surface area contributed by atoms with Crippen molar-refractivity contribution in [1.82, 2.24) is 5.32 Å². The van der Waals surface area contributed by atoms with E-state index < -0.39 is 16.1 Å². The highest BCUT2D eigenvalue weighted by Crippen LogP contribution is 2.26. The van der Waals surface area contributed by atoms with Crippen LogP contribution in [0.25, 0.3) is 0 Å². The van der Waals surface area contributed by atoms with Crippen LogP contribution in [0.1, 0.15) is 37.4 Å². The Balaban J connectivity index is 2.28. The van der Waals surface area contributed by atoms with E-state index in [1.807, 2.05) is 32.0 Å². The molecule has 0 spiro atoms. The molecule has 2 aromatic carbocycles. The van der Waals surface area contributed by atoms with Gasteiger partial charge in [0.05, 0.1) is 25.1 Å². The van der Waals surface area contributed by atoms with E-state index in [2.05, 4.69) is 5.32 Å². The van der Waals surface area contributed by atoms with Crippen molar-refractivity contribution in [2.75, 3.05) is 17.7 Å². The molecule has 0 aliphatic heterocycles. The Bertz CT molecular complexity index is 961. The van der Waals surface area contributed by atoms with Crippen LogP contribution in [0.2, 0.25) is 5.02 Å². The van der Waals surface area contributed by atoms with Gasteiger partial charge in [-0.3, -0.25) is 9.10 Å². The zero-order valence-corrected chi connectivity index (χ0v) is 18.8. The van der Waals surface area contributed by atoms with Crippen LogP contribution >= 0.6 is 11.6 Å². The summed E-state index contributed by atoms with van der Waals surface area (Å²) in [7, 11) is -2.07. The van der Waals surface area contributed by atoms with Crippen LogP contribution in [0, 0.1) is 6.92 Å². The number of aryl methyl sites for hydroxylation is 1. The number of carbonyl (C=O) groups is 1. The number of halogens is 1. The van der Waals surface area contributed by atoms with E-state index in [1.54, 1.807) is 38.3 Å². The average Bonchev–Trinajstić information content (AvgIpc) is 2.66. The molecule has 0 aliphatic carbocycles. The molecular weight excluding hydrogens is 412 g/mol. The second-order valence-electron chi connectivity index (χ2n) is 6.91. The summed E-state index contributed by atoms with van der Waals surface area (Å²) in [4.78, 5) is 13.0. The van der Waals surface area contributed by atoms with Crippen molar-refractivity contribution in [1.29, 1.82) is 0 Å². The second kappa shape index (κ2) is 9.50. The second-order valence-corrected chi connectivity index (χ2v) is 9.21. The summed E-state index contributed by atoms with van der Waals surface area (Å²) in [5.74, 6) is 0.389. The molecule has 29 heavy (non-hydrogen) atoms. The Morgan fingerprint density at radius 1 is 1.21 bits per heavy atom. The molecule has 1 amide bonds. The lowest BCUT2D eigenvalue weighted by Crippen LogP contribution is -2.48. The summed E-state index contributed by atoms with van der Waals surface area (Å²) >= 11 is 5.91. The number of hydrogen-bond acceptors (Lipinski definition) is 4. The molecule has 1 N–H and O–H groups in total. The van der Waals surface area contributed by atoms with Crippen molar-refractivity contribution in [2.24, 2.45) is 0 Å². The lowest BCUT2D eigenvalue weighted by atomic mass is 10.0. The van der Waals surface area contributed by atoms with E-state index in [9.17, 15) is 13.2 Å². The van der Waals surface area contributed by atoms with Gasteiger partial charge in [-0.1, -0.05) is 30.7 Å². The lowest BCUT2D eigenvalue weighted by Gasteiger charge is -2.30. The summed E-state index contributed by atoms with van der Waals surface area (Å²) in [6, 6.07) is 10.9. The standard InChI is InChI=1S/C21H27ClN2O4S/c1-6-19(16-7-12-20(28-4)14(2)13-16)23-21(25)15(3)24(29(5,26)27)18-10-8-17(22)9-11-18/h7-13,15,19H,6H2,1-5H3,(H,23,25). The normalized spacial score (nSPS) is 13.4. The van der Waals surface area contributed by atoms with Gasteiger partial charge in [-0.05, 0) is 61.7 Å². The maximum atomic E-state index is 13.0. The van der Waals surface area contributed by atoms with Crippen LogP contribution in [0.15, 0.2) is 42.5 Å². The molecule has 0 saturated carbocycles. The third-order valence-corrected chi connectivity index (χ3v) is 6.21. The molecule has 0 aromatic heterocycles. The van der Waals surface area contributed by atoms with Gasteiger partial charge in [0.2, 0.25) is 15.9 Å². The fourth-order valence-corrected chi connectivity index (χ4v) is 4.53. The number of nitrogens with zero attached hydrogens (tertiary/aromatic N) is 1. The number of benzene rings is 2. The number of amides is 1. The van der Waals surface area contributed by atoms with E-state index in [-0.39, 0.29) is 11.9 Å². The third kappa shape index (κ3) is 5.64. The molecule has 8 heteroatoms. The molecule has 0 fully saturated rings. The third-order valence-electron chi connectivity index (χ3n) is 4.72. The van der Waals surface area contributed by atoms with Crippen molar-refractivity contribution in [3.8, 4) is 5.75 Å². The minimum Gasteiger partial charge on any atom is -0.496 e. The van der Waals surface area contributed by atoms with Gasteiger partial charge in [0.25, 0.3) is 0 Å². The monoisotopic (exact) mass is 438 g/mol. The quantitative estimate of drug-likeness (QED) is 0.673. The molecular formula is C21H27ClN2O4S. The van der Waals surface area contributed by atoms with Gasteiger partial charge in [0.15, 0.2) is 0 Å². The molecule has 0 aliphatic rings. The topological polar surface area (TPSA) is 75.7 Å². The van der Waals surface area contributed by atoms with Crippen molar-refractivity contribution >= 4 is 33.2 Å². The Morgan fingerprint density at radius 2 is 1.83 bits per heavy atom. The lowest BCUT2D eigenvalue weighted by molar-refractivity contribution is -0.122. The van der Waals surface area contributed by atoms with Crippen LogP contribution in [-0.2, 0) is 14.8 Å². The predicted molar refractivity (Wildman–Crippen MR) is 117 cm³/mol. The highest BCUT2D eigenvalue weighted by atomic mass is 35.5. The Kier molecular flexibility index (Phi) is 7.54. The number of nitrogens with one attached hydrogen (secondary N) is 1. The molecule has 6 nitrogen and oxygen atoms in total. The number of hydrogen-bond donors (Lipinski definition) is 1. The SMILES string of the molecule is CCC(NC(=O)C(C)N(c1ccc(Cl)cc1)S(C)(=O)=O)c1ccc(OC)c(C)c1. The van der Waals surface area contributed by atoms with Crippen LogP contribution in [0.4, 0.5) is 5.69 Å². The predicted octanol–water partition coefficient (Wildman–Crippen LogP) is 4.08. The van der Waals surface area contributed by atoms with Crippen molar-refractivity contribution in [3.05, 3.63) is 58.6 Å². The molecule has 0 radical (unpaired) electrons. The molecule has 0 bridgehead atoms. The largest absolute Gasteiger partial charge is 0.496 e. The number of ether oxygens (including phenoxy) is 1. The van der Waals surface area contributed by atoms with Gasteiger partial charge >= 0.3 is 0 Å². The van der Waals surface area contributed by atoms with E-state index >= 15 is 0 Å². The fraction of sp³-hybridized carbons (Fsp3) is 0.381. The van der Waals surface area contributed by atoms with Crippen molar-refractivity contribution in [2.45, 2.75) is 39.3 Å². The summed E-state index contributed by atoms with van der Waals surface area (Å²) < 4.78 is 31.2. The average molecular weight is 439 g/mol. The molecule has 2 aromatic rings. The number of rotatable bonds is 8. The molecule has 2 rings (SSSR count). The molecule has 0 heterocycles. The van der Waals surface area contributed by atoms with Gasteiger partial charge in [0, 0.05) is 5.02 Å². The first kappa shape index (κ1) is 23.0. The summed E-state index contributed by atoms with van der Waals surface area (Å²) in [5, 5.41) is 3.46. The minimum absolute atomic E-state index is 0.249. The maximum absolute atomic E-state index is 13.0. The number of carbonyl (C=O) groups excluding carboxylic acids is 1. The van der Waals surface area contributed by atoms with Gasteiger partial charge < -0.3 is 10.1 Å². The van der Waals surface area contributed by atoms with Crippen molar-refractivity contribution in [3.63, 3.8) is 0 Å². The first-order valence-corrected chi connectivity index (χ1v) is 11.5. The minimum atomic E-state index is -3.69. The first-order valence-electron chi connectivity index (χ1n) is 9.28. The molecule has 2 atom stereocenters. The first-order chi connectivity index (χ1) is 13.6. The Morgan fingerprint density at radius 3 is 2.31 bits per heavy atom. The van der Waals surface area contributed by atoms with E-state index in [1.165, 1.54) is 0 Å². The van der Waals surface area contributed by atoms with Crippen LogP contribution in [-0.4, -0.2) is 33.7 Å². The summed E-state index contributed by atoms with van der Waals surface area (Å²) in [6.07, 6.45) is 1.74. The highest BCUT2D eigenvalue weighted by molar-refractivity contribution is 7.92. The Hall–Kier alpha value is -2.25. The van der Waals surface area contributed by atoms with E-state index in [4.69, 9.17) is 16.3 Å². The van der Waals surface area contributed by atoms with E-state index in [0.717, 1.165) is 27.4 Å². The van der Waals surface area contributed by atoms with E-state index in [0.29, 0.717) is 17.1 Å². The van der Waals surface area contributed by atoms with Gasteiger partial charge in [-0.15, -0.1) is 0 Å². The molecule has 158 valence electrons. The zero-order chi connectivity index (χ0) is 21.8. The number of sulfonamides is 1. The van der Waals surface area contributed by atoms with Crippen molar-refractivity contribution < 1.29 is 17.9 Å². The summed E-state index contributed by atoms with van der Waals surface area (Å²) in [6.45, 7) is 5.46. The number of anilines is 1. The molecule has 2 unspecified atom stereocenters. The zero-order valence-electron chi connectivity index (χ0n) is 17.3. The maximum Gasteiger partial charge on any atom is 0.244 e. The highest BCUT2D eigenvalue weighted by Gasteiger charge is 2.30. The van der Waals surface area contributed by atoms with Crippen LogP contribution in [0.3, 0.4) is 0 Å². The fourth-order valence-electron chi connectivity index (χ4n) is 3.23. The summed E-state index contributed by atoms with van der Waals surface area (Å²) in [5.41, 5.74) is 2.28. The van der Waals surface area contributed by atoms with Gasteiger partial charge in [0.1, 0.15) is 11.8 Å². The van der Waals surface area contributed by atoms with Gasteiger partial charge in [-0.25, -0.2) is 8.42 Å². The Labute approximate surface area is 177 Å². The van der Waals surface area contributed by atoms with Crippen LogP contribution < -0.4 is 14.4 Å². The molecule has 0 saturated heterocycles. The van der Waals surface area contributed by atoms with Crippen LogP contribution in [0.5, 0.6) is 5.75 Å². The number of methoxy groups -OCH3 is 1. The smallest absolute Gasteiger partial charge is 0.244 e.